The highest BCUT2D eigenvalue weighted by Crippen LogP contribution is 2.27. The Balaban J connectivity index is 2.09. The standard InChI is InChI=1S/C16H30N4O/c1-6-21-14-7-9-20(10-8-14)16-15(11-17-12(2)3)13(4)18-19(16)5/h12,14,17H,6-11H2,1-5H3. The molecule has 5 nitrogen and oxygen atoms in total. The fourth-order valence-corrected chi connectivity index (χ4v) is 3.07. The number of rotatable bonds is 6. The lowest BCUT2D eigenvalue weighted by atomic mass is 10.1. The van der Waals surface area contributed by atoms with E-state index in [1.165, 1.54) is 11.4 Å². The van der Waals surface area contributed by atoms with E-state index in [0.717, 1.165) is 44.8 Å². The minimum Gasteiger partial charge on any atom is -0.378 e. The molecule has 1 aromatic heterocycles. The number of ether oxygens (including phenoxy) is 1. The summed E-state index contributed by atoms with van der Waals surface area (Å²) in [7, 11) is 2.05. The van der Waals surface area contributed by atoms with Crippen LogP contribution in [0.4, 0.5) is 5.82 Å². The molecule has 1 aromatic rings. The maximum atomic E-state index is 5.75. The second kappa shape index (κ2) is 7.27. The van der Waals surface area contributed by atoms with E-state index >= 15 is 0 Å². The predicted molar refractivity (Wildman–Crippen MR) is 86.8 cm³/mol. The summed E-state index contributed by atoms with van der Waals surface area (Å²) in [4.78, 5) is 2.47. The maximum absolute atomic E-state index is 5.75. The summed E-state index contributed by atoms with van der Waals surface area (Å²) in [6, 6.07) is 0.487. The Hall–Kier alpha value is -1.07. The molecule has 0 amide bonds. The van der Waals surface area contributed by atoms with Crippen molar-refractivity contribution in [3.05, 3.63) is 11.3 Å². The van der Waals surface area contributed by atoms with Gasteiger partial charge in [0.25, 0.3) is 0 Å². The summed E-state index contributed by atoms with van der Waals surface area (Å²) in [6.45, 7) is 12.4. The molecule has 1 aliphatic heterocycles. The first-order chi connectivity index (χ1) is 10.0. The number of aromatic nitrogens is 2. The summed E-state index contributed by atoms with van der Waals surface area (Å²) < 4.78 is 7.79. The Morgan fingerprint density at radius 1 is 1.33 bits per heavy atom. The van der Waals surface area contributed by atoms with Crippen LogP contribution in [-0.4, -0.2) is 41.6 Å². The molecule has 0 spiro atoms. The first kappa shape index (κ1) is 16.3. The summed E-state index contributed by atoms with van der Waals surface area (Å²) in [6.07, 6.45) is 2.64. The zero-order valence-electron chi connectivity index (χ0n) is 14.1. The molecule has 120 valence electrons. The number of anilines is 1. The molecule has 0 aliphatic carbocycles. The molecule has 0 bridgehead atoms. The zero-order chi connectivity index (χ0) is 15.4. The van der Waals surface area contributed by atoms with E-state index in [9.17, 15) is 0 Å². The van der Waals surface area contributed by atoms with Gasteiger partial charge in [-0.05, 0) is 26.7 Å². The van der Waals surface area contributed by atoms with E-state index in [1.54, 1.807) is 0 Å². The number of hydrogen-bond donors (Lipinski definition) is 1. The lowest BCUT2D eigenvalue weighted by Crippen LogP contribution is -2.38. The molecule has 21 heavy (non-hydrogen) atoms. The number of piperidine rings is 1. The van der Waals surface area contributed by atoms with E-state index in [0.29, 0.717) is 12.1 Å². The van der Waals surface area contributed by atoms with Crippen molar-refractivity contribution in [2.45, 2.75) is 59.2 Å². The molecule has 0 atom stereocenters. The van der Waals surface area contributed by atoms with Gasteiger partial charge in [0.1, 0.15) is 5.82 Å². The molecule has 1 fully saturated rings. The van der Waals surface area contributed by atoms with Crippen LogP contribution in [-0.2, 0) is 18.3 Å². The second-order valence-electron chi connectivity index (χ2n) is 6.19. The van der Waals surface area contributed by atoms with Crippen molar-refractivity contribution in [3.63, 3.8) is 0 Å². The fourth-order valence-electron chi connectivity index (χ4n) is 3.07. The third-order valence-electron chi connectivity index (χ3n) is 4.14. The first-order valence-electron chi connectivity index (χ1n) is 8.15. The average Bonchev–Trinajstić information content (AvgIpc) is 2.72. The van der Waals surface area contributed by atoms with Crippen molar-refractivity contribution in [1.29, 1.82) is 0 Å². The summed E-state index contributed by atoms with van der Waals surface area (Å²) >= 11 is 0. The SMILES string of the molecule is CCOC1CCN(c2c(CNC(C)C)c(C)nn2C)CC1. The summed E-state index contributed by atoms with van der Waals surface area (Å²) in [5.41, 5.74) is 2.47. The summed E-state index contributed by atoms with van der Waals surface area (Å²) in [5.74, 6) is 1.27. The molecule has 2 heterocycles. The normalized spacial score (nSPS) is 17.0. The van der Waals surface area contributed by atoms with E-state index in [4.69, 9.17) is 4.74 Å². The molecular weight excluding hydrogens is 264 g/mol. The minimum absolute atomic E-state index is 0.429. The smallest absolute Gasteiger partial charge is 0.131 e. The Labute approximate surface area is 128 Å². The van der Waals surface area contributed by atoms with Crippen molar-refractivity contribution >= 4 is 5.82 Å². The number of hydrogen-bond acceptors (Lipinski definition) is 4. The Bertz CT molecular complexity index is 447. The Morgan fingerprint density at radius 2 is 2.00 bits per heavy atom. The van der Waals surface area contributed by atoms with Gasteiger partial charge in [-0.1, -0.05) is 13.8 Å². The Kier molecular flexibility index (Phi) is 5.65. The van der Waals surface area contributed by atoms with Crippen LogP contribution in [0.1, 0.15) is 44.9 Å². The molecule has 1 N–H and O–H groups in total. The van der Waals surface area contributed by atoms with Crippen LogP contribution >= 0.6 is 0 Å². The topological polar surface area (TPSA) is 42.3 Å². The van der Waals surface area contributed by atoms with E-state index in [-0.39, 0.29) is 0 Å². The quantitative estimate of drug-likeness (QED) is 0.873. The van der Waals surface area contributed by atoms with E-state index < -0.39 is 0 Å². The molecule has 1 aliphatic rings. The molecule has 2 rings (SSSR count). The van der Waals surface area contributed by atoms with Gasteiger partial charge >= 0.3 is 0 Å². The van der Waals surface area contributed by atoms with Crippen LogP contribution in [0.3, 0.4) is 0 Å². The molecule has 5 heteroatoms. The van der Waals surface area contributed by atoms with Crippen molar-refractivity contribution in [1.82, 2.24) is 15.1 Å². The summed E-state index contributed by atoms with van der Waals surface area (Å²) in [5, 5.41) is 8.14. The van der Waals surface area contributed by atoms with Crippen LogP contribution in [0.2, 0.25) is 0 Å². The number of aryl methyl sites for hydroxylation is 2. The van der Waals surface area contributed by atoms with E-state index in [1.807, 2.05) is 4.68 Å². The van der Waals surface area contributed by atoms with Gasteiger partial charge in [0.2, 0.25) is 0 Å². The predicted octanol–water partition coefficient (Wildman–Crippen LogP) is 2.23. The van der Waals surface area contributed by atoms with Crippen molar-refractivity contribution in [2.24, 2.45) is 7.05 Å². The lowest BCUT2D eigenvalue weighted by molar-refractivity contribution is 0.0457. The monoisotopic (exact) mass is 294 g/mol. The average molecular weight is 294 g/mol. The third kappa shape index (κ3) is 3.98. The lowest BCUT2D eigenvalue weighted by Gasteiger charge is -2.34. The van der Waals surface area contributed by atoms with Gasteiger partial charge in [0, 0.05) is 44.9 Å². The third-order valence-corrected chi connectivity index (χ3v) is 4.14. The van der Waals surface area contributed by atoms with Gasteiger partial charge in [0.15, 0.2) is 0 Å². The molecule has 0 unspecified atom stereocenters. The highest BCUT2D eigenvalue weighted by Gasteiger charge is 2.24. The van der Waals surface area contributed by atoms with Crippen molar-refractivity contribution in [3.8, 4) is 0 Å². The Morgan fingerprint density at radius 3 is 2.57 bits per heavy atom. The highest BCUT2D eigenvalue weighted by atomic mass is 16.5. The van der Waals surface area contributed by atoms with Gasteiger partial charge in [0.05, 0.1) is 11.8 Å². The van der Waals surface area contributed by atoms with Gasteiger partial charge in [-0.25, -0.2) is 0 Å². The number of nitrogens with one attached hydrogen (secondary N) is 1. The molecule has 0 saturated carbocycles. The maximum Gasteiger partial charge on any atom is 0.131 e. The second-order valence-corrected chi connectivity index (χ2v) is 6.19. The van der Waals surface area contributed by atoms with Gasteiger partial charge in [-0.3, -0.25) is 4.68 Å². The van der Waals surface area contributed by atoms with Gasteiger partial charge in [-0.2, -0.15) is 5.10 Å². The molecule has 0 aromatic carbocycles. The minimum atomic E-state index is 0.429. The first-order valence-corrected chi connectivity index (χ1v) is 8.15. The van der Waals surface area contributed by atoms with Crippen LogP contribution in [0, 0.1) is 6.92 Å². The van der Waals surface area contributed by atoms with Crippen molar-refractivity contribution in [2.75, 3.05) is 24.6 Å². The fraction of sp³-hybridized carbons (Fsp3) is 0.812. The zero-order valence-corrected chi connectivity index (χ0v) is 14.1. The molecule has 0 radical (unpaired) electrons. The largest absolute Gasteiger partial charge is 0.378 e. The highest BCUT2D eigenvalue weighted by molar-refractivity contribution is 5.50. The van der Waals surface area contributed by atoms with Crippen LogP contribution in [0.5, 0.6) is 0 Å². The van der Waals surface area contributed by atoms with Gasteiger partial charge in [-0.15, -0.1) is 0 Å². The molecule has 1 saturated heterocycles. The number of nitrogens with zero attached hydrogens (tertiary/aromatic N) is 3. The van der Waals surface area contributed by atoms with Crippen LogP contribution in [0.25, 0.3) is 0 Å². The van der Waals surface area contributed by atoms with Crippen molar-refractivity contribution < 1.29 is 4.74 Å². The van der Waals surface area contributed by atoms with E-state index in [2.05, 4.69) is 50.1 Å². The van der Waals surface area contributed by atoms with Crippen LogP contribution < -0.4 is 10.2 Å². The molecular formula is C16H30N4O. The van der Waals surface area contributed by atoms with Crippen LogP contribution in [0.15, 0.2) is 0 Å². The van der Waals surface area contributed by atoms with Gasteiger partial charge < -0.3 is 15.0 Å².